The molecule has 0 saturated heterocycles. The number of hydrogen-bond donors (Lipinski definition) is 0. The van der Waals surface area contributed by atoms with Crippen LogP contribution in [0.2, 0.25) is 0 Å². The number of rotatable bonds is 4. The number of aryl methyl sites for hydroxylation is 1. The lowest BCUT2D eigenvalue weighted by atomic mass is 10.1. The highest BCUT2D eigenvalue weighted by molar-refractivity contribution is 6.07. The van der Waals surface area contributed by atoms with Gasteiger partial charge >= 0.3 is 6.36 Å². The number of hydrogen-bond acceptors (Lipinski definition) is 3. The van der Waals surface area contributed by atoms with E-state index in [1.165, 1.54) is 12.1 Å². The van der Waals surface area contributed by atoms with Gasteiger partial charge in [-0.05, 0) is 36.4 Å². The molecule has 1 aromatic heterocycles. The van der Waals surface area contributed by atoms with Crippen LogP contribution in [0.3, 0.4) is 0 Å². The minimum atomic E-state index is -4.75. The molecule has 2 rings (SSSR count). The van der Waals surface area contributed by atoms with Gasteiger partial charge in [0.25, 0.3) is 0 Å². The monoisotopic (exact) mass is 284 g/mol. The fourth-order valence-corrected chi connectivity index (χ4v) is 1.64. The van der Waals surface area contributed by atoms with E-state index in [4.69, 9.17) is 4.42 Å². The molecular formula is C14H11F3O3. The average molecular weight is 284 g/mol. The van der Waals surface area contributed by atoms with Crippen LogP contribution >= 0.6 is 0 Å². The molecule has 6 heteroatoms. The maximum Gasteiger partial charge on any atom is 0.573 e. The largest absolute Gasteiger partial charge is 0.573 e. The van der Waals surface area contributed by atoms with Gasteiger partial charge in [0.15, 0.2) is 5.76 Å². The molecule has 0 N–H and O–H groups in total. The molecule has 0 aliphatic heterocycles. The van der Waals surface area contributed by atoms with Crippen molar-refractivity contribution in [3.63, 3.8) is 0 Å². The van der Waals surface area contributed by atoms with Gasteiger partial charge < -0.3 is 9.15 Å². The maximum atomic E-state index is 12.0. The third kappa shape index (κ3) is 3.40. The molecule has 1 heterocycles. The number of ketones is 1. The quantitative estimate of drug-likeness (QED) is 0.797. The summed E-state index contributed by atoms with van der Waals surface area (Å²) in [5, 5.41) is 0. The fraction of sp³-hybridized carbons (Fsp3) is 0.214. The first kappa shape index (κ1) is 14.2. The lowest BCUT2D eigenvalue weighted by Crippen LogP contribution is -2.17. The van der Waals surface area contributed by atoms with Crippen molar-refractivity contribution in [2.24, 2.45) is 0 Å². The second kappa shape index (κ2) is 5.40. The van der Waals surface area contributed by atoms with Crippen LogP contribution in [0, 0.1) is 0 Å². The first-order valence-corrected chi connectivity index (χ1v) is 5.88. The van der Waals surface area contributed by atoms with Gasteiger partial charge in [-0.3, -0.25) is 4.79 Å². The Morgan fingerprint density at radius 3 is 2.30 bits per heavy atom. The Morgan fingerprint density at radius 1 is 1.15 bits per heavy atom. The van der Waals surface area contributed by atoms with Crippen LogP contribution in [0.15, 0.2) is 40.8 Å². The number of furan rings is 1. The lowest BCUT2D eigenvalue weighted by Gasteiger charge is -2.08. The van der Waals surface area contributed by atoms with E-state index in [2.05, 4.69) is 4.74 Å². The molecule has 0 unspecified atom stereocenters. The van der Waals surface area contributed by atoms with Gasteiger partial charge in [0, 0.05) is 12.0 Å². The summed E-state index contributed by atoms with van der Waals surface area (Å²) in [6, 6.07) is 7.93. The summed E-state index contributed by atoms with van der Waals surface area (Å²) in [4.78, 5) is 12.0. The van der Waals surface area contributed by atoms with Crippen molar-refractivity contribution in [2.75, 3.05) is 0 Å². The van der Waals surface area contributed by atoms with Crippen LogP contribution in [0.5, 0.6) is 5.75 Å². The topological polar surface area (TPSA) is 39.4 Å². The van der Waals surface area contributed by atoms with Crippen molar-refractivity contribution in [3.05, 3.63) is 53.5 Å². The standard InChI is InChI=1S/C14H11F3O3/c1-2-10-7-8-12(19-10)13(18)9-3-5-11(6-4-9)20-14(15,16)17/h3-8H,2H2,1H3. The zero-order valence-corrected chi connectivity index (χ0v) is 10.5. The summed E-state index contributed by atoms with van der Waals surface area (Å²) >= 11 is 0. The van der Waals surface area contributed by atoms with Crippen LogP contribution in [0.25, 0.3) is 0 Å². The summed E-state index contributed by atoms with van der Waals surface area (Å²) in [7, 11) is 0. The molecule has 0 aliphatic carbocycles. The Hall–Kier alpha value is -2.24. The summed E-state index contributed by atoms with van der Waals surface area (Å²) in [6.45, 7) is 1.89. The van der Waals surface area contributed by atoms with Gasteiger partial charge in [0.05, 0.1) is 0 Å². The maximum absolute atomic E-state index is 12.0. The van der Waals surface area contributed by atoms with Crippen molar-refractivity contribution in [1.82, 2.24) is 0 Å². The molecule has 0 fully saturated rings. The lowest BCUT2D eigenvalue weighted by molar-refractivity contribution is -0.274. The van der Waals surface area contributed by atoms with E-state index < -0.39 is 6.36 Å². The second-order valence-electron chi connectivity index (χ2n) is 4.02. The molecule has 0 spiro atoms. The number of carbonyl (C=O) groups excluding carboxylic acids is 1. The molecule has 2 aromatic rings. The van der Waals surface area contributed by atoms with E-state index >= 15 is 0 Å². The predicted molar refractivity (Wildman–Crippen MR) is 64.6 cm³/mol. The zero-order valence-electron chi connectivity index (χ0n) is 10.5. The Labute approximate surface area is 113 Å². The molecule has 0 atom stereocenters. The molecule has 0 bridgehead atoms. The van der Waals surface area contributed by atoms with Gasteiger partial charge in [-0.15, -0.1) is 13.2 Å². The molecule has 0 radical (unpaired) electrons. The van der Waals surface area contributed by atoms with Crippen LogP contribution in [-0.4, -0.2) is 12.1 Å². The Kier molecular flexibility index (Phi) is 3.83. The van der Waals surface area contributed by atoms with E-state index in [1.54, 1.807) is 12.1 Å². The first-order valence-electron chi connectivity index (χ1n) is 5.88. The number of ether oxygens (including phenoxy) is 1. The molecule has 1 aromatic carbocycles. The SMILES string of the molecule is CCc1ccc(C(=O)c2ccc(OC(F)(F)F)cc2)o1. The summed E-state index contributed by atoms with van der Waals surface area (Å²) in [5.74, 6) is 0.0720. The summed E-state index contributed by atoms with van der Waals surface area (Å²) < 4.78 is 45.0. The van der Waals surface area contributed by atoms with Crippen molar-refractivity contribution in [1.29, 1.82) is 0 Å². The van der Waals surface area contributed by atoms with Crippen LogP contribution < -0.4 is 4.74 Å². The molecule has 0 amide bonds. The van der Waals surface area contributed by atoms with Crippen molar-refractivity contribution in [3.8, 4) is 5.75 Å². The molecular weight excluding hydrogens is 273 g/mol. The molecule has 3 nitrogen and oxygen atoms in total. The zero-order chi connectivity index (χ0) is 14.8. The molecule has 20 heavy (non-hydrogen) atoms. The number of halogens is 3. The van der Waals surface area contributed by atoms with Crippen molar-refractivity contribution < 1.29 is 27.1 Å². The van der Waals surface area contributed by atoms with Gasteiger partial charge in [-0.25, -0.2) is 0 Å². The summed E-state index contributed by atoms with van der Waals surface area (Å²) in [6.07, 6.45) is -4.09. The summed E-state index contributed by atoms with van der Waals surface area (Å²) in [5.41, 5.74) is 0.233. The Morgan fingerprint density at radius 2 is 1.80 bits per heavy atom. The van der Waals surface area contributed by atoms with Crippen LogP contribution in [0.4, 0.5) is 13.2 Å². The normalized spacial score (nSPS) is 11.4. The van der Waals surface area contributed by atoms with Gasteiger partial charge in [0.1, 0.15) is 11.5 Å². The van der Waals surface area contributed by atoms with Gasteiger partial charge in [-0.1, -0.05) is 6.92 Å². The molecule has 0 saturated carbocycles. The second-order valence-corrected chi connectivity index (χ2v) is 4.02. The third-order valence-corrected chi connectivity index (χ3v) is 2.58. The van der Waals surface area contributed by atoms with E-state index in [-0.39, 0.29) is 22.9 Å². The Balaban J connectivity index is 2.15. The Bertz CT molecular complexity index is 597. The number of benzene rings is 1. The average Bonchev–Trinajstić information content (AvgIpc) is 2.85. The van der Waals surface area contributed by atoms with Crippen molar-refractivity contribution in [2.45, 2.75) is 19.7 Å². The van der Waals surface area contributed by atoms with E-state index in [0.29, 0.717) is 12.2 Å². The minimum absolute atomic E-state index is 0.159. The van der Waals surface area contributed by atoms with E-state index in [9.17, 15) is 18.0 Å². The predicted octanol–water partition coefficient (Wildman–Crippen LogP) is 3.97. The molecule has 106 valence electrons. The van der Waals surface area contributed by atoms with Gasteiger partial charge in [0.2, 0.25) is 5.78 Å². The van der Waals surface area contributed by atoms with Gasteiger partial charge in [-0.2, -0.15) is 0 Å². The van der Waals surface area contributed by atoms with E-state index in [1.807, 2.05) is 6.92 Å². The van der Waals surface area contributed by atoms with Crippen LogP contribution in [-0.2, 0) is 6.42 Å². The minimum Gasteiger partial charge on any atom is -0.458 e. The number of carbonyl (C=O) groups is 1. The number of alkyl halides is 3. The highest BCUT2D eigenvalue weighted by atomic mass is 19.4. The van der Waals surface area contributed by atoms with E-state index in [0.717, 1.165) is 12.1 Å². The highest BCUT2D eigenvalue weighted by Crippen LogP contribution is 2.23. The smallest absolute Gasteiger partial charge is 0.458 e. The highest BCUT2D eigenvalue weighted by Gasteiger charge is 2.31. The third-order valence-electron chi connectivity index (χ3n) is 2.58. The molecule has 0 aliphatic rings. The van der Waals surface area contributed by atoms with Crippen LogP contribution in [0.1, 0.15) is 28.8 Å². The fourth-order valence-electron chi connectivity index (χ4n) is 1.64. The van der Waals surface area contributed by atoms with Crippen molar-refractivity contribution >= 4 is 5.78 Å². The first-order chi connectivity index (χ1) is 9.39.